The van der Waals surface area contributed by atoms with E-state index in [0.29, 0.717) is 12.5 Å². The molecule has 112 valence electrons. The Kier molecular flexibility index (Phi) is 7.26. The van der Waals surface area contributed by atoms with Crippen molar-refractivity contribution in [3.8, 4) is 0 Å². The number of carbonyl (C=O) groups is 1. The van der Waals surface area contributed by atoms with E-state index in [-0.39, 0.29) is 5.91 Å². The van der Waals surface area contributed by atoms with Crippen molar-refractivity contribution in [3.63, 3.8) is 0 Å². The summed E-state index contributed by atoms with van der Waals surface area (Å²) in [6, 6.07) is 8.49. The lowest BCUT2D eigenvalue weighted by Crippen LogP contribution is -2.24. The van der Waals surface area contributed by atoms with Gasteiger partial charge in [0.1, 0.15) is 0 Å². The van der Waals surface area contributed by atoms with Gasteiger partial charge in [-0.15, -0.1) is 0 Å². The maximum atomic E-state index is 11.8. The van der Waals surface area contributed by atoms with Crippen molar-refractivity contribution in [2.75, 3.05) is 26.0 Å². The van der Waals surface area contributed by atoms with Crippen molar-refractivity contribution in [1.82, 2.24) is 10.2 Å². The van der Waals surface area contributed by atoms with Crippen LogP contribution in [0.2, 0.25) is 0 Å². The summed E-state index contributed by atoms with van der Waals surface area (Å²) in [6.07, 6.45) is 1.42. The first-order valence-electron chi connectivity index (χ1n) is 7.24. The zero-order chi connectivity index (χ0) is 15.0. The van der Waals surface area contributed by atoms with Crippen LogP contribution in [0.4, 0.5) is 5.69 Å². The zero-order valence-corrected chi connectivity index (χ0v) is 13.1. The molecule has 0 unspecified atom stereocenters. The minimum atomic E-state index is 0.0811. The van der Waals surface area contributed by atoms with Gasteiger partial charge in [-0.2, -0.15) is 0 Å². The Morgan fingerprint density at radius 2 is 2.05 bits per heavy atom. The molecular formula is C16H27N3O. The number of carbonyl (C=O) groups excluding carboxylic acids is 1. The van der Waals surface area contributed by atoms with Gasteiger partial charge < -0.3 is 15.5 Å². The Hall–Kier alpha value is -1.39. The van der Waals surface area contributed by atoms with Crippen LogP contribution < -0.4 is 10.6 Å². The predicted molar refractivity (Wildman–Crippen MR) is 84.8 cm³/mol. The molecule has 1 amide bonds. The number of benzene rings is 1. The molecule has 0 radical (unpaired) electrons. The maximum absolute atomic E-state index is 11.8. The van der Waals surface area contributed by atoms with Gasteiger partial charge in [0.25, 0.3) is 0 Å². The smallest absolute Gasteiger partial charge is 0.224 e. The molecule has 1 rings (SSSR count). The average molecular weight is 277 g/mol. The molecule has 0 aliphatic carbocycles. The van der Waals surface area contributed by atoms with Gasteiger partial charge in [0.2, 0.25) is 5.91 Å². The van der Waals surface area contributed by atoms with E-state index in [0.717, 1.165) is 25.2 Å². The minimum absolute atomic E-state index is 0.0811. The van der Waals surface area contributed by atoms with Gasteiger partial charge in [0.15, 0.2) is 0 Å². The molecule has 0 aliphatic rings. The Morgan fingerprint density at radius 1 is 1.30 bits per heavy atom. The standard InChI is InChI=1S/C16H27N3O/c1-13(2)17-10-6-9-16(20)18-15-8-5-7-14(11-15)12-19(3)4/h5,7-8,11,13,17H,6,9-10,12H2,1-4H3,(H,18,20). The molecular weight excluding hydrogens is 250 g/mol. The van der Waals surface area contributed by atoms with Gasteiger partial charge in [0, 0.05) is 24.7 Å². The topological polar surface area (TPSA) is 44.4 Å². The summed E-state index contributed by atoms with van der Waals surface area (Å²) in [7, 11) is 4.07. The Morgan fingerprint density at radius 3 is 2.70 bits per heavy atom. The highest BCUT2D eigenvalue weighted by molar-refractivity contribution is 5.90. The third kappa shape index (κ3) is 7.26. The van der Waals surface area contributed by atoms with Crippen LogP contribution in [0.15, 0.2) is 24.3 Å². The number of rotatable bonds is 8. The van der Waals surface area contributed by atoms with Crippen molar-refractivity contribution in [2.45, 2.75) is 39.3 Å². The van der Waals surface area contributed by atoms with Crippen LogP contribution in [0.5, 0.6) is 0 Å². The fourth-order valence-electron chi connectivity index (χ4n) is 1.98. The van der Waals surface area contributed by atoms with Crippen LogP contribution >= 0.6 is 0 Å². The number of hydrogen-bond acceptors (Lipinski definition) is 3. The fraction of sp³-hybridized carbons (Fsp3) is 0.562. The molecule has 0 aromatic heterocycles. The highest BCUT2D eigenvalue weighted by Gasteiger charge is 2.03. The van der Waals surface area contributed by atoms with Gasteiger partial charge >= 0.3 is 0 Å². The van der Waals surface area contributed by atoms with E-state index >= 15 is 0 Å². The lowest BCUT2D eigenvalue weighted by atomic mass is 10.2. The van der Waals surface area contributed by atoms with Crippen LogP contribution in [0, 0.1) is 0 Å². The lowest BCUT2D eigenvalue weighted by molar-refractivity contribution is -0.116. The van der Waals surface area contributed by atoms with Crippen molar-refractivity contribution in [2.24, 2.45) is 0 Å². The summed E-state index contributed by atoms with van der Waals surface area (Å²) in [5.41, 5.74) is 2.08. The van der Waals surface area contributed by atoms with Gasteiger partial charge in [0.05, 0.1) is 0 Å². The van der Waals surface area contributed by atoms with Gasteiger partial charge in [-0.05, 0) is 44.8 Å². The summed E-state index contributed by atoms with van der Waals surface area (Å²) in [4.78, 5) is 14.0. The number of anilines is 1. The molecule has 0 atom stereocenters. The molecule has 20 heavy (non-hydrogen) atoms. The molecule has 0 bridgehead atoms. The molecule has 1 aromatic rings. The van der Waals surface area contributed by atoms with Gasteiger partial charge in [-0.25, -0.2) is 0 Å². The molecule has 0 spiro atoms. The van der Waals surface area contributed by atoms with Crippen molar-refractivity contribution >= 4 is 11.6 Å². The number of nitrogens with one attached hydrogen (secondary N) is 2. The summed E-state index contributed by atoms with van der Waals surface area (Å²) in [6.45, 7) is 5.97. The van der Waals surface area contributed by atoms with Crippen molar-refractivity contribution < 1.29 is 4.79 Å². The molecule has 1 aromatic carbocycles. The quantitative estimate of drug-likeness (QED) is 0.717. The lowest BCUT2D eigenvalue weighted by Gasteiger charge is -2.12. The Balaban J connectivity index is 2.37. The molecule has 0 fully saturated rings. The predicted octanol–water partition coefficient (Wildman–Crippen LogP) is 2.46. The molecule has 0 saturated heterocycles. The number of amides is 1. The highest BCUT2D eigenvalue weighted by atomic mass is 16.1. The van der Waals surface area contributed by atoms with E-state index in [9.17, 15) is 4.79 Å². The number of hydrogen-bond donors (Lipinski definition) is 2. The molecule has 4 heteroatoms. The highest BCUT2D eigenvalue weighted by Crippen LogP contribution is 2.12. The minimum Gasteiger partial charge on any atom is -0.326 e. The summed E-state index contributed by atoms with van der Waals surface area (Å²) in [5.74, 6) is 0.0811. The average Bonchev–Trinajstić information content (AvgIpc) is 2.34. The molecule has 4 nitrogen and oxygen atoms in total. The van der Waals surface area contributed by atoms with E-state index in [4.69, 9.17) is 0 Å². The Bertz CT molecular complexity index is 416. The van der Waals surface area contributed by atoms with Crippen molar-refractivity contribution in [3.05, 3.63) is 29.8 Å². The van der Waals surface area contributed by atoms with Gasteiger partial charge in [-0.1, -0.05) is 26.0 Å². The second kappa shape index (κ2) is 8.72. The third-order valence-electron chi connectivity index (χ3n) is 2.84. The first-order valence-corrected chi connectivity index (χ1v) is 7.24. The van der Waals surface area contributed by atoms with E-state index < -0.39 is 0 Å². The van der Waals surface area contributed by atoms with E-state index in [1.54, 1.807) is 0 Å². The first-order chi connectivity index (χ1) is 9.47. The van der Waals surface area contributed by atoms with Crippen LogP contribution in [-0.4, -0.2) is 37.5 Å². The largest absolute Gasteiger partial charge is 0.326 e. The van der Waals surface area contributed by atoms with E-state index in [1.807, 2.05) is 32.3 Å². The second-order valence-electron chi connectivity index (χ2n) is 5.70. The van der Waals surface area contributed by atoms with Crippen molar-refractivity contribution in [1.29, 1.82) is 0 Å². The summed E-state index contributed by atoms with van der Waals surface area (Å²) >= 11 is 0. The molecule has 2 N–H and O–H groups in total. The molecule has 0 aliphatic heterocycles. The first kappa shape index (κ1) is 16.7. The summed E-state index contributed by atoms with van der Waals surface area (Å²) in [5, 5.41) is 6.27. The van der Waals surface area contributed by atoms with E-state index in [2.05, 4.69) is 35.4 Å². The van der Waals surface area contributed by atoms with Gasteiger partial charge in [-0.3, -0.25) is 4.79 Å². The SMILES string of the molecule is CC(C)NCCCC(=O)Nc1cccc(CN(C)C)c1. The normalized spacial score (nSPS) is 11.1. The third-order valence-corrected chi connectivity index (χ3v) is 2.84. The van der Waals surface area contributed by atoms with Crippen LogP contribution in [0.3, 0.4) is 0 Å². The molecule has 0 heterocycles. The van der Waals surface area contributed by atoms with E-state index in [1.165, 1.54) is 5.56 Å². The van der Waals surface area contributed by atoms with Crippen LogP contribution in [0.25, 0.3) is 0 Å². The van der Waals surface area contributed by atoms with Crippen LogP contribution in [-0.2, 0) is 11.3 Å². The number of nitrogens with zero attached hydrogens (tertiary/aromatic N) is 1. The van der Waals surface area contributed by atoms with Crippen LogP contribution in [0.1, 0.15) is 32.3 Å². The molecule has 0 saturated carbocycles. The zero-order valence-electron chi connectivity index (χ0n) is 13.1. The fourth-order valence-corrected chi connectivity index (χ4v) is 1.98. The monoisotopic (exact) mass is 277 g/mol. The summed E-state index contributed by atoms with van der Waals surface area (Å²) < 4.78 is 0. The maximum Gasteiger partial charge on any atom is 0.224 e. The Labute approximate surface area is 122 Å². The second-order valence-corrected chi connectivity index (χ2v) is 5.70.